The molecule has 0 aliphatic carbocycles. The number of benzene rings is 1. The van der Waals surface area contributed by atoms with Crippen molar-refractivity contribution in [3.63, 3.8) is 0 Å². The van der Waals surface area contributed by atoms with E-state index >= 15 is 0 Å². The number of anilines is 2. The van der Waals surface area contributed by atoms with Crippen LogP contribution < -0.4 is 5.32 Å². The van der Waals surface area contributed by atoms with Gasteiger partial charge in [0.15, 0.2) is 11.6 Å². The smallest absolute Gasteiger partial charge is 0.337 e. The molecule has 0 atom stereocenters. The Morgan fingerprint density at radius 2 is 1.80 bits per heavy atom. The molecule has 2 N–H and O–H groups in total. The minimum absolute atomic E-state index is 0.0725. The van der Waals surface area contributed by atoms with Crippen molar-refractivity contribution in [1.82, 2.24) is 4.98 Å². The molecule has 0 saturated carbocycles. The van der Waals surface area contributed by atoms with Gasteiger partial charge in [-0.2, -0.15) is 0 Å². The van der Waals surface area contributed by atoms with Crippen LogP contribution in [0.2, 0.25) is 5.02 Å². The van der Waals surface area contributed by atoms with Crippen LogP contribution in [-0.4, -0.2) is 16.1 Å². The zero-order chi connectivity index (χ0) is 14.9. The lowest BCUT2D eigenvalue weighted by molar-refractivity contribution is 0.0697. The Morgan fingerprint density at radius 1 is 1.15 bits per heavy atom. The lowest BCUT2D eigenvalue weighted by Crippen LogP contribution is -2.03. The SMILES string of the molecule is O=C(O)c1cc(Nc2cc(F)c(F)cc2F)ncc1Cl. The lowest BCUT2D eigenvalue weighted by Gasteiger charge is -2.08. The van der Waals surface area contributed by atoms with E-state index in [9.17, 15) is 18.0 Å². The van der Waals surface area contributed by atoms with Crippen molar-refractivity contribution in [2.24, 2.45) is 0 Å². The van der Waals surface area contributed by atoms with Crippen molar-refractivity contribution in [1.29, 1.82) is 0 Å². The van der Waals surface area contributed by atoms with E-state index in [0.29, 0.717) is 12.1 Å². The average Bonchev–Trinajstić information content (AvgIpc) is 2.37. The Kier molecular flexibility index (Phi) is 3.80. The number of aromatic nitrogens is 1. The van der Waals surface area contributed by atoms with E-state index in [0.717, 1.165) is 12.3 Å². The molecule has 0 aliphatic rings. The maximum atomic E-state index is 13.4. The molecule has 1 heterocycles. The molecule has 8 heteroatoms. The summed E-state index contributed by atoms with van der Waals surface area (Å²) in [6.45, 7) is 0. The van der Waals surface area contributed by atoms with Gasteiger partial charge in [-0.15, -0.1) is 0 Å². The molecule has 1 aromatic carbocycles. The van der Waals surface area contributed by atoms with Gasteiger partial charge in [-0.1, -0.05) is 11.6 Å². The molecule has 0 aliphatic heterocycles. The van der Waals surface area contributed by atoms with Crippen LogP contribution in [0.4, 0.5) is 24.7 Å². The minimum atomic E-state index is -1.33. The maximum absolute atomic E-state index is 13.4. The summed E-state index contributed by atoms with van der Waals surface area (Å²) in [6.07, 6.45) is 1.05. The number of pyridine rings is 1. The van der Waals surface area contributed by atoms with E-state index < -0.39 is 23.4 Å². The summed E-state index contributed by atoms with van der Waals surface area (Å²) in [7, 11) is 0. The topological polar surface area (TPSA) is 62.2 Å². The summed E-state index contributed by atoms with van der Waals surface area (Å²) in [6, 6.07) is 2.01. The number of aromatic carboxylic acids is 1. The summed E-state index contributed by atoms with van der Waals surface area (Å²) in [5, 5.41) is 11.1. The van der Waals surface area contributed by atoms with E-state index in [1.54, 1.807) is 0 Å². The molecule has 0 radical (unpaired) electrons. The molecule has 0 amide bonds. The number of nitrogens with zero attached hydrogens (tertiary/aromatic N) is 1. The van der Waals surface area contributed by atoms with E-state index in [2.05, 4.69) is 10.3 Å². The van der Waals surface area contributed by atoms with Crippen LogP contribution in [0.25, 0.3) is 0 Å². The summed E-state index contributed by atoms with van der Waals surface area (Å²) in [4.78, 5) is 14.6. The molecule has 0 spiro atoms. The number of nitrogens with one attached hydrogen (secondary N) is 1. The first-order valence-corrected chi connectivity index (χ1v) is 5.56. The summed E-state index contributed by atoms with van der Waals surface area (Å²) < 4.78 is 39.2. The summed E-state index contributed by atoms with van der Waals surface area (Å²) in [5.74, 6) is -5.00. The fourth-order valence-electron chi connectivity index (χ4n) is 1.43. The number of carboxylic acids is 1. The number of carboxylic acid groups (broad SMARTS) is 1. The zero-order valence-corrected chi connectivity index (χ0v) is 10.4. The molecule has 20 heavy (non-hydrogen) atoms. The highest BCUT2D eigenvalue weighted by atomic mass is 35.5. The van der Waals surface area contributed by atoms with E-state index in [4.69, 9.17) is 16.7 Å². The van der Waals surface area contributed by atoms with Crippen LogP contribution in [0.1, 0.15) is 10.4 Å². The lowest BCUT2D eigenvalue weighted by atomic mass is 10.2. The monoisotopic (exact) mass is 302 g/mol. The van der Waals surface area contributed by atoms with Crippen LogP contribution >= 0.6 is 11.6 Å². The van der Waals surface area contributed by atoms with Crippen molar-refractivity contribution in [2.45, 2.75) is 0 Å². The van der Waals surface area contributed by atoms with Gasteiger partial charge in [0.2, 0.25) is 0 Å². The Bertz CT molecular complexity index is 695. The molecule has 0 bridgehead atoms. The van der Waals surface area contributed by atoms with Gasteiger partial charge in [-0.05, 0) is 6.07 Å². The molecule has 2 rings (SSSR count). The Balaban J connectivity index is 2.38. The van der Waals surface area contributed by atoms with Gasteiger partial charge >= 0.3 is 5.97 Å². The first kappa shape index (κ1) is 14.1. The van der Waals surface area contributed by atoms with Crippen molar-refractivity contribution >= 4 is 29.1 Å². The van der Waals surface area contributed by atoms with Gasteiger partial charge in [-0.3, -0.25) is 0 Å². The molecule has 0 fully saturated rings. The normalized spacial score (nSPS) is 10.4. The number of halogens is 4. The number of hydrogen-bond donors (Lipinski definition) is 2. The van der Waals surface area contributed by atoms with Crippen molar-refractivity contribution in [3.05, 3.63) is 52.4 Å². The highest BCUT2D eigenvalue weighted by Crippen LogP contribution is 2.24. The standard InChI is InChI=1S/C12H6ClF3N2O2/c13-6-4-17-11(1-5(6)12(19)20)18-10-3-8(15)7(14)2-9(10)16/h1-4H,(H,17,18)(H,19,20). The fourth-order valence-corrected chi connectivity index (χ4v) is 1.61. The minimum Gasteiger partial charge on any atom is -0.478 e. The second-order valence-electron chi connectivity index (χ2n) is 3.73. The molecule has 4 nitrogen and oxygen atoms in total. The molecular weight excluding hydrogens is 297 g/mol. The van der Waals surface area contributed by atoms with Crippen molar-refractivity contribution in [3.8, 4) is 0 Å². The second-order valence-corrected chi connectivity index (χ2v) is 4.13. The van der Waals surface area contributed by atoms with Gasteiger partial charge in [-0.25, -0.2) is 22.9 Å². The predicted octanol–water partition coefficient (Wildman–Crippen LogP) is 3.59. The first-order chi connectivity index (χ1) is 9.38. The fraction of sp³-hybridized carbons (Fsp3) is 0. The Labute approximate surface area is 115 Å². The highest BCUT2D eigenvalue weighted by molar-refractivity contribution is 6.33. The zero-order valence-electron chi connectivity index (χ0n) is 9.62. The maximum Gasteiger partial charge on any atom is 0.337 e. The molecule has 0 unspecified atom stereocenters. The predicted molar refractivity (Wildman–Crippen MR) is 65.8 cm³/mol. The largest absolute Gasteiger partial charge is 0.478 e. The van der Waals surface area contributed by atoms with E-state index in [1.807, 2.05) is 0 Å². The summed E-state index contributed by atoms with van der Waals surface area (Å²) >= 11 is 5.62. The average molecular weight is 303 g/mol. The number of carbonyl (C=O) groups is 1. The Hall–Kier alpha value is -2.28. The van der Waals surface area contributed by atoms with E-state index in [1.165, 1.54) is 0 Å². The van der Waals surface area contributed by atoms with Gasteiger partial charge < -0.3 is 10.4 Å². The van der Waals surface area contributed by atoms with E-state index in [-0.39, 0.29) is 22.1 Å². The van der Waals surface area contributed by atoms with Crippen LogP contribution in [0.15, 0.2) is 24.4 Å². The summed E-state index contributed by atoms with van der Waals surface area (Å²) in [5.41, 5.74) is -0.637. The molecule has 1 aromatic heterocycles. The third kappa shape index (κ3) is 2.83. The third-order valence-corrected chi connectivity index (χ3v) is 2.66. The van der Waals surface area contributed by atoms with Crippen LogP contribution in [0, 0.1) is 17.5 Å². The number of hydrogen-bond acceptors (Lipinski definition) is 3. The van der Waals surface area contributed by atoms with Crippen molar-refractivity contribution < 1.29 is 23.1 Å². The van der Waals surface area contributed by atoms with Gasteiger partial charge in [0.1, 0.15) is 11.6 Å². The first-order valence-electron chi connectivity index (χ1n) is 5.19. The van der Waals surface area contributed by atoms with Crippen LogP contribution in [0.3, 0.4) is 0 Å². The van der Waals surface area contributed by atoms with Gasteiger partial charge in [0.25, 0.3) is 0 Å². The van der Waals surface area contributed by atoms with Crippen LogP contribution in [-0.2, 0) is 0 Å². The van der Waals surface area contributed by atoms with Crippen LogP contribution in [0.5, 0.6) is 0 Å². The Morgan fingerprint density at radius 3 is 2.45 bits per heavy atom. The molecule has 104 valence electrons. The number of rotatable bonds is 3. The van der Waals surface area contributed by atoms with Gasteiger partial charge in [0, 0.05) is 18.3 Å². The molecular formula is C12H6ClF3N2O2. The quantitative estimate of drug-likeness (QED) is 0.851. The molecule has 2 aromatic rings. The second kappa shape index (κ2) is 5.38. The molecule has 0 saturated heterocycles. The highest BCUT2D eigenvalue weighted by Gasteiger charge is 2.13. The van der Waals surface area contributed by atoms with Gasteiger partial charge in [0.05, 0.1) is 16.3 Å². The van der Waals surface area contributed by atoms with Crippen molar-refractivity contribution in [2.75, 3.05) is 5.32 Å². The third-order valence-electron chi connectivity index (χ3n) is 2.36.